The van der Waals surface area contributed by atoms with E-state index in [4.69, 9.17) is 19.8 Å². The number of carboxylic acid groups (broad SMARTS) is 2. The average molecular weight is 587 g/mol. The molecule has 0 unspecified atom stereocenters. The first-order chi connectivity index (χ1) is 15.4. The van der Waals surface area contributed by atoms with Gasteiger partial charge in [-0.15, -0.1) is 0 Å². The summed E-state index contributed by atoms with van der Waals surface area (Å²) in [7, 11) is 0. The Labute approximate surface area is 266 Å². The van der Waals surface area contributed by atoms with Gasteiger partial charge >= 0.3 is 0 Å². The Balaban J connectivity index is -0.000000147. The molecule has 0 fully saturated rings. The average Bonchev–Trinajstić information content (AvgIpc) is 2.71. The first kappa shape index (κ1) is 44.1. The van der Waals surface area contributed by atoms with Crippen LogP contribution in [0.1, 0.15) is 77.1 Å². The molecule has 6 nitrogen and oxygen atoms in total. The normalized spacial score (nSPS) is 8.00. The smallest absolute Gasteiger partial charge is 0.300 e. The van der Waals surface area contributed by atoms with Gasteiger partial charge < -0.3 is 15.0 Å². The molecule has 2 aromatic carbocycles. The fourth-order valence-corrected chi connectivity index (χ4v) is 1.92. The molecule has 0 spiro atoms. The number of hydrogen-bond acceptors (Lipinski definition) is 4. The van der Waals surface area contributed by atoms with Gasteiger partial charge in [-0.25, -0.2) is 0 Å². The summed E-state index contributed by atoms with van der Waals surface area (Å²) in [6.07, 6.45) is 1.98. The minimum absolute atomic E-state index is 0. The molecule has 0 aromatic heterocycles. The van der Waals surface area contributed by atoms with E-state index in [-0.39, 0.29) is 82.0 Å². The van der Waals surface area contributed by atoms with Crippen LogP contribution in [-0.4, -0.2) is 33.7 Å². The first-order valence-corrected chi connectivity index (χ1v) is 10.7. The van der Waals surface area contributed by atoms with Crippen molar-refractivity contribution in [1.29, 1.82) is 0 Å². The third-order valence-electron chi connectivity index (χ3n) is 3.29. The summed E-state index contributed by atoms with van der Waals surface area (Å²) >= 11 is 0. The van der Waals surface area contributed by atoms with Crippen LogP contribution >= 0.6 is 0 Å². The predicted molar refractivity (Wildman–Crippen MR) is 131 cm³/mol. The Kier molecular flexibility index (Phi) is 36.9. The third kappa shape index (κ3) is 37.8. The molecular formula is C27H38ArO6Y-2. The monoisotopic (exact) mass is 587 g/mol. The Morgan fingerprint density at radius 3 is 1.63 bits per heavy atom. The number of carbonyl (C=O) groups is 4. The van der Waals surface area contributed by atoms with E-state index in [0.717, 1.165) is 37.0 Å². The van der Waals surface area contributed by atoms with Crippen LogP contribution in [0.4, 0.5) is 0 Å². The maximum Gasteiger partial charge on any atom is 0.300 e. The van der Waals surface area contributed by atoms with E-state index in [1.165, 1.54) is 5.56 Å². The molecule has 195 valence electrons. The van der Waals surface area contributed by atoms with Crippen molar-refractivity contribution in [2.75, 3.05) is 0 Å². The second kappa shape index (κ2) is 29.3. The van der Waals surface area contributed by atoms with Crippen LogP contribution in [-0.2, 0) is 64.7 Å². The molecule has 0 aliphatic carbocycles. The molecule has 0 heterocycles. The SMILES string of the molecule is CC.CC(=O)Cc1cc[c-]c(Cc2[c-]cc(C)cc2)c1.CC(=O)O.CC(=O)O.CCC(C)=O.[Ar].[Y]. The number of carboxylic acids is 2. The van der Waals surface area contributed by atoms with Crippen molar-refractivity contribution < 1.29 is 99.8 Å². The van der Waals surface area contributed by atoms with E-state index >= 15 is 0 Å². The molecule has 0 aliphatic heterocycles. The quantitative estimate of drug-likeness (QED) is 0.447. The van der Waals surface area contributed by atoms with Crippen LogP contribution in [0.15, 0.2) is 36.4 Å². The molecule has 2 rings (SSSR count). The van der Waals surface area contributed by atoms with Crippen LogP contribution < -0.4 is 0 Å². The maximum atomic E-state index is 11.1. The summed E-state index contributed by atoms with van der Waals surface area (Å²) in [6.45, 7) is 13.3. The van der Waals surface area contributed by atoms with Crippen LogP contribution in [0.5, 0.6) is 0 Å². The molecule has 2 N–H and O–H groups in total. The molecule has 2 aromatic rings. The summed E-state index contributed by atoms with van der Waals surface area (Å²) < 4.78 is 0. The van der Waals surface area contributed by atoms with Gasteiger partial charge in [0.2, 0.25) is 0 Å². The molecule has 0 bridgehead atoms. The Hall–Kier alpha value is -0.916. The van der Waals surface area contributed by atoms with Crippen molar-refractivity contribution in [2.24, 2.45) is 0 Å². The predicted octanol–water partition coefficient (Wildman–Crippen LogP) is 5.51. The van der Waals surface area contributed by atoms with Gasteiger partial charge in [-0.1, -0.05) is 27.7 Å². The number of aryl methyl sites for hydroxylation is 1. The molecule has 0 aliphatic rings. The standard InChI is InChI=1S/C17H16O.C4H8O.2C2H4O2.C2H6.Ar.Y/c1-13-6-8-15(9-7-13)11-17-5-3-4-16(12-17)10-14(2)18;1-3-4(2)5;2*1-2(3)4;1-2;;/h3-4,6-8,12H,10-11H2,1-2H3;3H2,1-2H3;2*1H3,(H,3,4);1-2H3;;/q-2;;;;;;. The van der Waals surface area contributed by atoms with Crippen molar-refractivity contribution >= 4 is 23.5 Å². The zero-order valence-electron chi connectivity index (χ0n) is 22.0. The fourth-order valence-electron chi connectivity index (χ4n) is 1.92. The molecular weight excluding hydrogens is 549 g/mol. The van der Waals surface area contributed by atoms with Gasteiger partial charge in [0.05, 0.1) is 0 Å². The Morgan fingerprint density at radius 1 is 0.829 bits per heavy atom. The van der Waals surface area contributed by atoms with E-state index in [2.05, 4.69) is 37.3 Å². The zero-order chi connectivity index (χ0) is 26.4. The topological polar surface area (TPSA) is 109 Å². The van der Waals surface area contributed by atoms with E-state index in [1.54, 1.807) is 13.8 Å². The van der Waals surface area contributed by atoms with Crippen LogP contribution in [0.3, 0.4) is 0 Å². The maximum absolute atomic E-state index is 11.1. The molecule has 0 amide bonds. The molecule has 0 atom stereocenters. The second-order valence-electron chi connectivity index (χ2n) is 6.76. The third-order valence-corrected chi connectivity index (χ3v) is 3.29. The van der Waals surface area contributed by atoms with E-state index in [9.17, 15) is 9.59 Å². The summed E-state index contributed by atoms with van der Waals surface area (Å²) in [5.74, 6) is -1.22. The summed E-state index contributed by atoms with van der Waals surface area (Å²) in [6, 6.07) is 18.5. The van der Waals surface area contributed by atoms with E-state index < -0.39 is 11.9 Å². The number of carbonyl (C=O) groups excluding carboxylic acids is 2. The zero-order valence-corrected chi connectivity index (χ0v) is 25.6. The summed E-state index contributed by atoms with van der Waals surface area (Å²) in [4.78, 5) is 38.9. The van der Waals surface area contributed by atoms with Crippen molar-refractivity contribution in [3.63, 3.8) is 0 Å². The van der Waals surface area contributed by atoms with Crippen LogP contribution in [0.2, 0.25) is 0 Å². The van der Waals surface area contributed by atoms with Gasteiger partial charge in [-0.05, 0) is 20.3 Å². The van der Waals surface area contributed by atoms with E-state index in [0.29, 0.717) is 12.8 Å². The van der Waals surface area contributed by atoms with Gasteiger partial charge in [0.25, 0.3) is 11.9 Å². The number of benzene rings is 2. The van der Waals surface area contributed by atoms with Crippen molar-refractivity contribution in [3.05, 3.63) is 70.8 Å². The Morgan fingerprint density at radius 2 is 1.29 bits per heavy atom. The number of Topliss-reactive ketones (excluding diaryl/α,β-unsaturated/α-hetero) is 2. The summed E-state index contributed by atoms with van der Waals surface area (Å²) in [5, 5.41) is 14.8. The second-order valence-corrected chi connectivity index (χ2v) is 6.76. The van der Waals surface area contributed by atoms with Gasteiger partial charge in [-0.2, -0.15) is 70.8 Å². The largest absolute Gasteiger partial charge is 0.481 e. The van der Waals surface area contributed by atoms with Gasteiger partial charge in [0.1, 0.15) is 11.6 Å². The molecule has 35 heavy (non-hydrogen) atoms. The van der Waals surface area contributed by atoms with Crippen LogP contribution in [0, 0.1) is 56.8 Å². The molecule has 0 saturated carbocycles. The van der Waals surface area contributed by atoms with Gasteiger partial charge in [0, 0.05) is 97.1 Å². The number of hydrogen-bond donors (Lipinski definition) is 2. The minimum atomic E-state index is -0.833. The van der Waals surface area contributed by atoms with Gasteiger partial charge in [-0.3, -0.25) is 14.4 Å². The van der Waals surface area contributed by atoms with Gasteiger partial charge in [0.15, 0.2) is 0 Å². The van der Waals surface area contributed by atoms with Crippen molar-refractivity contribution in [2.45, 2.75) is 74.7 Å². The fraction of sp³-hybridized carbons (Fsp3) is 0.407. The van der Waals surface area contributed by atoms with Crippen molar-refractivity contribution in [1.82, 2.24) is 0 Å². The molecule has 0 saturated heterocycles. The molecule has 1 radical (unpaired) electrons. The van der Waals surface area contributed by atoms with Crippen LogP contribution in [0.25, 0.3) is 0 Å². The summed E-state index contributed by atoms with van der Waals surface area (Å²) in [5.41, 5.74) is 4.53. The van der Waals surface area contributed by atoms with Crippen molar-refractivity contribution in [3.8, 4) is 0 Å². The minimum Gasteiger partial charge on any atom is -0.481 e. The molecule has 8 heteroatoms. The number of aliphatic carboxylic acids is 2. The number of rotatable bonds is 5. The Bertz CT molecular complexity index is 816. The number of ketones is 2. The van der Waals surface area contributed by atoms with E-state index in [1.807, 2.05) is 39.0 Å². The first-order valence-electron chi connectivity index (χ1n) is 10.7.